The van der Waals surface area contributed by atoms with Crippen LogP contribution >= 0.6 is 0 Å². The second-order valence-corrected chi connectivity index (χ2v) is 5.55. The molecule has 1 aromatic heterocycles. The molecule has 2 heterocycles. The molecule has 20 heavy (non-hydrogen) atoms. The highest BCUT2D eigenvalue weighted by Gasteiger charge is 2.30. The standard InChI is InChI=1S/C16H20N2O2/c1-17-11-13(12-7-3-4-8-14(12)17)15(16(19)20)18-9-5-2-6-10-18/h3-4,7-8,11,15H,2,5-6,9-10H2,1H3,(H,19,20). The molecule has 2 aromatic rings. The van der Waals surface area contributed by atoms with Crippen LogP contribution in [-0.4, -0.2) is 33.6 Å². The Labute approximate surface area is 118 Å². The lowest BCUT2D eigenvalue weighted by atomic mass is 10.0. The van der Waals surface area contributed by atoms with Gasteiger partial charge in [0.1, 0.15) is 6.04 Å². The average molecular weight is 272 g/mol. The summed E-state index contributed by atoms with van der Waals surface area (Å²) in [5, 5.41) is 10.7. The van der Waals surface area contributed by atoms with Crippen LogP contribution in [0.5, 0.6) is 0 Å². The largest absolute Gasteiger partial charge is 0.480 e. The molecule has 0 amide bonds. The molecule has 0 bridgehead atoms. The van der Waals surface area contributed by atoms with E-state index < -0.39 is 12.0 Å². The Balaban J connectivity index is 2.07. The van der Waals surface area contributed by atoms with Gasteiger partial charge in [-0.2, -0.15) is 0 Å². The number of carboxylic acid groups (broad SMARTS) is 1. The van der Waals surface area contributed by atoms with Crippen molar-refractivity contribution in [3.63, 3.8) is 0 Å². The van der Waals surface area contributed by atoms with E-state index in [1.807, 2.05) is 42.1 Å². The summed E-state index contributed by atoms with van der Waals surface area (Å²) in [4.78, 5) is 13.9. The molecule has 1 saturated heterocycles. The first-order chi connectivity index (χ1) is 9.68. The summed E-state index contributed by atoms with van der Waals surface area (Å²) in [7, 11) is 1.97. The molecule has 3 rings (SSSR count). The van der Waals surface area contributed by atoms with E-state index in [1.165, 1.54) is 6.42 Å². The Morgan fingerprint density at radius 1 is 1.20 bits per heavy atom. The van der Waals surface area contributed by atoms with Gasteiger partial charge in [0, 0.05) is 29.7 Å². The van der Waals surface area contributed by atoms with Crippen molar-refractivity contribution in [2.24, 2.45) is 7.05 Å². The summed E-state index contributed by atoms with van der Waals surface area (Å²) in [6.07, 6.45) is 5.36. The predicted octanol–water partition coefficient (Wildman–Crippen LogP) is 2.79. The number of nitrogens with zero attached hydrogens (tertiary/aromatic N) is 2. The highest BCUT2D eigenvalue weighted by molar-refractivity contribution is 5.89. The zero-order valence-electron chi connectivity index (χ0n) is 11.7. The molecule has 106 valence electrons. The number of aryl methyl sites for hydroxylation is 1. The van der Waals surface area contributed by atoms with Crippen molar-refractivity contribution < 1.29 is 9.90 Å². The summed E-state index contributed by atoms with van der Waals surface area (Å²) in [5.41, 5.74) is 2.00. The van der Waals surface area contributed by atoms with Gasteiger partial charge >= 0.3 is 5.97 Å². The van der Waals surface area contributed by atoms with Crippen LogP contribution in [-0.2, 0) is 11.8 Å². The van der Waals surface area contributed by atoms with E-state index in [0.717, 1.165) is 42.4 Å². The van der Waals surface area contributed by atoms with Gasteiger partial charge in [-0.3, -0.25) is 9.69 Å². The number of hydrogen-bond acceptors (Lipinski definition) is 2. The summed E-state index contributed by atoms with van der Waals surface area (Å²) >= 11 is 0. The average Bonchev–Trinajstić information content (AvgIpc) is 2.78. The number of aromatic nitrogens is 1. The van der Waals surface area contributed by atoms with Crippen molar-refractivity contribution in [1.29, 1.82) is 0 Å². The zero-order valence-corrected chi connectivity index (χ0v) is 11.7. The number of likely N-dealkylation sites (tertiary alicyclic amines) is 1. The van der Waals surface area contributed by atoms with Crippen LogP contribution in [0.4, 0.5) is 0 Å². The van der Waals surface area contributed by atoms with E-state index in [9.17, 15) is 9.90 Å². The van der Waals surface area contributed by atoms with E-state index in [0.29, 0.717) is 0 Å². The second kappa shape index (κ2) is 5.29. The number of rotatable bonds is 3. The number of piperidine rings is 1. The van der Waals surface area contributed by atoms with Crippen molar-refractivity contribution in [1.82, 2.24) is 9.47 Å². The summed E-state index contributed by atoms with van der Waals surface area (Å²) in [6, 6.07) is 7.49. The molecule has 1 unspecified atom stereocenters. The number of fused-ring (bicyclic) bond motifs is 1. The van der Waals surface area contributed by atoms with Crippen LogP contribution in [0, 0.1) is 0 Å². The van der Waals surface area contributed by atoms with Gasteiger partial charge in [-0.05, 0) is 32.0 Å². The summed E-state index contributed by atoms with van der Waals surface area (Å²) in [6.45, 7) is 1.75. The molecular weight excluding hydrogens is 252 g/mol. The third kappa shape index (κ3) is 2.20. The number of hydrogen-bond donors (Lipinski definition) is 1. The third-order valence-electron chi connectivity index (χ3n) is 4.21. The highest BCUT2D eigenvalue weighted by atomic mass is 16.4. The molecule has 0 saturated carbocycles. The Kier molecular flexibility index (Phi) is 3.49. The molecule has 4 nitrogen and oxygen atoms in total. The van der Waals surface area contributed by atoms with Crippen LogP contribution in [0.2, 0.25) is 0 Å². The van der Waals surface area contributed by atoms with Crippen LogP contribution < -0.4 is 0 Å². The molecule has 1 aromatic carbocycles. The quantitative estimate of drug-likeness (QED) is 0.934. The topological polar surface area (TPSA) is 45.5 Å². The molecule has 4 heteroatoms. The van der Waals surface area contributed by atoms with E-state index in [2.05, 4.69) is 4.90 Å². The number of aliphatic carboxylic acids is 1. The molecule has 1 atom stereocenters. The van der Waals surface area contributed by atoms with Crippen LogP contribution in [0.15, 0.2) is 30.5 Å². The van der Waals surface area contributed by atoms with Crippen molar-refractivity contribution in [3.8, 4) is 0 Å². The van der Waals surface area contributed by atoms with Gasteiger partial charge in [-0.15, -0.1) is 0 Å². The fourth-order valence-electron chi connectivity index (χ4n) is 3.25. The first-order valence-corrected chi connectivity index (χ1v) is 7.19. The lowest BCUT2D eigenvalue weighted by Crippen LogP contribution is -2.37. The predicted molar refractivity (Wildman–Crippen MR) is 78.7 cm³/mol. The SMILES string of the molecule is Cn1cc(C(C(=O)O)N2CCCCC2)c2ccccc21. The van der Waals surface area contributed by atoms with E-state index in [-0.39, 0.29) is 0 Å². The summed E-state index contributed by atoms with van der Waals surface area (Å²) in [5.74, 6) is -0.747. The summed E-state index contributed by atoms with van der Waals surface area (Å²) < 4.78 is 2.02. The molecule has 0 radical (unpaired) electrons. The van der Waals surface area contributed by atoms with E-state index in [4.69, 9.17) is 0 Å². The van der Waals surface area contributed by atoms with Gasteiger partial charge in [0.05, 0.1) is 0 Å². The molecule has 1 fully saturated rings. The Hall–Kier alpha value is -1.81. The molecular formula is C16H20N2O2. The minimum absolute atomic E-state index is 0.526. The van der Waals surface area contributed by atoms with Crippen molar-refractivity contribution in [2.45, 2.75) is 25.3 Å². The van der Waals surface area contributed by atoms with Gasteiger partial charge in [0.15, 0.2) is 0 Å². The minimum atomic E-state index is -0.747. The van der Waals surface area contributed by atoms with E-state index >= 15 is 0 Å². The van der Waals surface area contributed by atoms with Gasteiger partial charge in [0.25, 0.3) is 0 Å². The van der Waals surface area contributed by atoms with Crippen LogP contribution in [0.25, 0.3) is 10.9 Å². The zero-order chi connectivity index (χ0) is 14.1. The normalized spacial score (nSPS) is 18.2. The number of carbonyl (C=O) groups is 1. The number of carboxylic acids is 1. The van der Waals surface area contributed by atoms with Crippen LogP contribution in [0.1, 0.15) is 30.9 Å². The first-order valence-electron chi connectivity index (χ1n) is 7.19. The van der Waals surface area contributed by atoms with E-state index in [1.54, 1.807) is 0 Å². The first kappa shape index (κ1) is 13.2. The van der Waals surface area contributed by atoms with Crippen molar-refractivity contribution in [2.75, 3.05) is 13.1 Å². The van der Waals surface area contributed by atoms with Gasteiger partial charge < -0.3 is 9.67 Å². The molecule has 0 aliphatic carbocycles. The fourth-order valence-corrected chi connectivity index (χ4v) is 3.25. The smallest absolute Gasteiger partial charge is 0.325 e. The molecule has 1 aliphatic heterocycles. The molecule has 1 aliphatic rings. The monoisotopic (exact) mass is 272 g/mol. The van der Waals surface area contributed by atoms with Crippen molar-refractivity contribution in [3.05, 3.63) is 36.0 Å². The Morgan fingerprint density at radius 3 is 2.60 bits per heavy atom. The van der Waals surface area contributed by atoms with Gasteiger partial charge in [-0.1, -0.05) is 24.6 Å². The maximum absolute atomic E-state index is 11.8. The van der Waals surface area contributed by atoms with Gasteiger partial charge in [-0.25, -0.2) is 0 Å². The number of para-hydroxylation sites is 1. The molecule has 1 N–H and O–H groups in total. The number of benzene rings is 1. The van der Waals surface area contributed by atoms with Crippen LogP contribution in [0.3, 0.4) is 0 Å². The lowest BCUT2D eigenvalue weighted by molar-refractivity contribution is -0.144. The minimum Gasteiger partial charge on any atom is -0.480 e. The Morgan fingerprint density at radius 2 is 1.90 bits per heavy atom. The Bertz CT molecular complexity index is 626. The van der Waals surface area contributed by atoms with Gasteiger partial charge in [0.2, 0.25) is 0 Å². The third-order valence-corrected chi connectivity index (χ3v) is 4.21. The van der Waals surface area contributed by atoms with Crippen molar-refractivity contribution >= 4 is 16.9 Å². The maximum atomic E-state index is 11.8. The maximum Gasteiger partial charge on any atom is 0.325 e. The lowest BCUT2D eigenvalue weighted by Gasteiger charge is -2.31. The second-order valence-electron chi connectivity index (χ2n) is 5.55. The highest BCUT2D eigenvalue weighted by Crippen LogP contribution is 2.31. The molecule has 0 spiro atoms. The fraction of sp³-hybridized carbons (Fsp3) is 0.438.